The summed E-state index contributed by atoms with van der Waals surface area (Å²) in [6, 6.07) is 4.68. The van der Waals surface area contributed by atoms with Crippen molar-refractivity contribution in [2.24, 2.45) is 0 Å². The minimum Gasteiger partial charge on any atom is -0.258 e. The normalized spacial score (nSPS) is 11.4. The first-order valence-electron chi connectivity index (χ1n) is 5.00. The van der Waals surface area contributed by atoms with Crippen molar-refractivity contribution >= 4 is 15.5 Å². The van der Waals surface area contributed by atoms with Crippen LogP contribution in [0.2, 0.25) is 0 Å². The van der Waals surface area contributed by atoms with Gasteiger partial charge in [0.15, 0.2) is 9.84 Å². The molecule has 0 fully saturated rings. The Morgan fingerprint density at radius 1 is 1.18 bits per heavy atom. The van der Waals surface area contributed by atoms with E-state index in [4.69, 9.17) is 0 Å². The van der Waals surface area contributed by atoms with Gasteiger partial charge in [0.05, 0.1) is 22.2 Å². The topological polar surface area (TPSA) is 77.3 Å². The number of nitrogens with zero attached hydrogens (tertiary/aromatic N) is 1. The van der Waals surface area contributed by atoms with Crippen LogP contribution in [0.3, 0.4) is 0 Å². The van der Waals surface area contributed by atoms with Crippen molar-refractivity contribution < 1.29 is 17.7 Å². The van der Waals surface area contributed by atoms with Crippen molar-refractivity contribution in [3.05, 3.63) is 34.4 Å². The zero-order valence-electron chi connectivity index (χ0n) is 9.00. The molecule has 1 aromatic rings. The number of hydrogen-bond acceptors (Lipinski definition) is 4. The van der Waals surface area contributed by atoms with Gasteiger partial charge in [-0.2, -0.15) is 0 Å². The summed E-state index contributed by atoms with van der Waals surface area (Å²) in [5.41, 5.74) is -0.160. The number of nitro groups is 1. The van der Waals surface area contributed by atoms with Crippen LogP contribution < -0.4 is 0 Å². The zero-order chi connectivity index (χ0) is 12.9. The molecule has 0 amide bonds. The average Bonchev–Trinajstić information content (AvgIpc) is 2.29. The monoisotopic (exact) mass is 261 g/mol. The fourth-order valence-electron chi connectivity index (χ4n) is 1.28. The van der Waals surface area contributed by atoms with Crippen LogP contribution in [0.25, 0.3) is 0 Å². The van der Waals surface area contributed by atoms with Gasteiger partial charge in [-0.15, -0.1) is 0 Å². The van der Waals surface area contributed by atoms with Crippen LogP contribution in [-0.4, -0.2) is 25.8 Å². The van der Waals surface area contributed by atoms with E-state index in [1.807, 2.05) is 0 Å². The summed E-state index contributed by atoms with van der Waals surface area (Å²) in [5.74, 6) is -0.144. The maximum atomic E-state index is 11.8. The Balaban J connectivity index is 2.81. The predicted octanol–water partition coefficient (Wildman–Crippen LogP) is 2.12. The van der Waals surface area contributed by atoms with E-state index in [0.29, 0.717) is 0 Å². The lowest BCUT2D eigenvalue weighted by Gasteiger charge is -2.03. The molecule has 5 nitrogen and oxygen atoms in total. The maximum absolute atomic E-state index is 11.8. The third-order valence-corrected chi connectivity index (χ3v) is 4.02. The fourth-order valence-corrected chi connectivity index (χ4v) is 2.65. The summed E-state index contributed by atoms with van der Waals surface area (Å²) in [5, 5.41) is 10.4. The Hall–Kier alpha value is -1.50. The fraction of sp³-hybridized carbons (Fsp3) is 0.400. The lowest BCUT2D eigenvalue weighted by molar-refractivity contribution is -0.384. The molecule has 0 aliphatic carbocycles. The standard InChI is InChI=1S/C10H12FNO4S/c11-7-1-2-8-17(15,16)10-5-3-9(4-6-10)12(13)14/h3-6H,1-2,7-8H2. The molecule has 0 unspecified atom stereocenters. The number of unbranched alkanes of at least 4 members (excludes halogenated alkanes) is 1. The molecule has 0 bridgehead atoms. The van der Waals surface area contributed by atoms with Gasteiger partial charge in [0, 0.05) is 12.1 Å². The molecule has 0 N–H and O–H groups in total. The number of rotatable bonds is 6. The van der Waals surface area contributed by atoms with Crippen LogP contribution in [0.1, 0.15) is 12.8 Å². The van der Waals surface area contributed by atoms with Gasteiger partial charge in [-0.25, -0.2) is 8.42 Å². The molecular formula is C10H12FNO4S. The van der Waals surface area contributed by atoms with Crippen LogP contribution in [0.15, 0.2) is 29.2 Å². The maximum Gasteiger partial charge on any atom is 0.269 e. The van der Waals surface area contributed by atoms with Gasteiger partial charge in [0.25, 0.3) is 5.69 Å². The third-order valence-electron chi connectivity index (χ3n) is 2.20. The number of halogens is 1. The third kappa shape index (κ3) is 3.77. The summed E-state index contributed by atoms with van der Waals surface area (Å²) >= 11 is 0. The Bertz CT molecular complexity index is 484. The molecule has 17 heavy (non-hydrogen) atoms. The zero-order valence-corrected chi connectivity index (χ0v) is 9.82. The summed E-state index contributed by atoms with van der Waals surface area (Å²) in [6.07, 6.45) is 0.446. The van der Waals surface area contributed by atoms with E-state index < -0.39 is 21.4 Å². The summed E-state index contributed by atoms with van der Waals surface area (Å²) in [7, 11) is -3.46. The molecule has 1 rings (SSSR count). The molecule has 0 saturated heterocycles. The minimum atomic E-state index is -3.46. The van der Waals surface area contributed by atoms with Crippen LogP contribution in [0.5, 0.6) is 0 Å². The van der Waals surface area contributed by atoms with E-state index in [2.05, 4.69) is 0 Å². The summed E-state index contributed by atoms with van der Waals surface area (Å²) < 4.78 is 35.2. The van der Waals surface area contributed by atoms with Gasteiger partial charge >= 0.3 is 0 Å². The Morgan fingerprint density at radius 2 is 1.76 bits per heavy atom. The number of alkyl halides is 1. The van der Waals surface area contributed by atoms with Crippen LogP contribution in [0.4, 0.5) is 10.1 Å². The Labute approximate surface area is 98.3 Å². The molecule has 0 atom stereocenters. The first-order chi connectivity index (χ1) is 7.97. The van der Waals surface area contributed by atoms with Crippen molar-refractivity contribution in [3.63, 3.8) is 0 Å². The van der Waals surface area contributed by atoms with Crippen LogP contribution in [0, 0.1) is 10.1 Å². The second-order valence-corrected chi connectivity index (χ2v) is 5.58. The van der Waals surface area contributed by atoms with Crippen molar-refractivity contribution in [3.8, 4) is 0 Å². The molecule has 94 valence electrons. The van der Waals surface area contributed by atoms with Gasteiger partial charge in [-0.3, -0.25) is 14.5 Å². The predicted molar refractivity (Wildman–Crippen MR) is 60.4 cm³/mol. The minimum absolute atomic E-state index is 0.0296. The highest BCUT2D eigenvalue weighted by molar-refractivity contribution is 7.91. The van der Waals surface area contributed by atoms with Gasteiger partial charge in [-0.05, 0) is 25.0 Å². The first kappa shape index (κ1) is 13.6. The molecule has 0 aliphatic heterocycles. The number of sulfone groups is 1. The smallest absolute Gasteiger partial charge is 0.258 e. The number of hydrogen-bond donors (Lipinski definition) is 0. The highest BCUT2D eigenvalue weighted by Gasteiger charge is 2.15. The Morgan fingerprint density at radius 3 is 2.24 bits per heavy atom. The number of benzene rings is 1. The van der Waals surface area contributed by atoms with Crippen molar-refractivity contribution in [1.29, 1.82) is 0 Å². The van der Waals surface area contributed by atoms with Crippen LogP contribution >= 0.6 is 0 Å². The molecule has 0 aromatic heterocycles. The van der Waals surface area contributed by atoms with Crippen molar-refractivity contribution in [2.45, 2.75) is 17.7 Å². The first-order valence-corrected chi connectivity index (χ1v) is 6.66. The largest absolute Gasteiger partial charge is 0.269 e. The molecule has 7 heteroatoms. The number of nitro benzene ring substituents is 1. The van der Waals surface area contributed by atoms with Crippen molar-refractivity contribution in [2.75, 3.05) is 12.4 Å². The highest BCUT2D eigenvalue weighted by Crippen LogP contribution is 2.17. The van der Waals surface area contributed by atoms with E-state index in [9.17, 15) is 22.9 Å². The van der Waals surface area contributed by atoms with E-state index >= 15 is 0 Å². The lowest BCUT2D eigenvalue weighted by atomic mass is 10.3. The molecule has 1 aromatic carbocycles. The second kappa shape index (κ2) is 5.72. The summed E-state index contributed by atoms with van der Waals surface area (Å²) in [4.78, 5) is 9.82. The van der Waals surface area contributed by atoms with Gasteiger partial charge in [-0.1, -0.05) is 0 Å². The Kier molecular flexibility index (Phi) is 4.56. The molecule has 0 radical (unpaired) electrons. The summed E-state index contributed by atoms with van der Waals surface area (Å²) in [6.45, 7) is -0.546. The quantitative estimate of drug-likeness (QED) is 0.446. The van der Waals surface area contributed by atoms with Gasteiger partial charge in [0.1, 0.15) is 0 Å². The lowest BCUT2D eigenvalue weighted by Crippen LogP contribution is -2.07. The second-order valence-electron chi connectivity index (χ2n) is 3.47. The molecule has 0 saturated carbocycles. The molecule has 0 spiro atoms. The van der Waals surface area contributed by atoms with Crippen molar-refractivity contribution in [1.82, 2.24) is 0 Å². The van der Waals surface area contributed by atoms with E-state index in [0.717, 1.165) is 12.1 Å². The SMILES string of the molecule is O=[N+]([O-])c1ccc(S(=O)(=O)CCCCF)cc1. The van der Waals surface area contributed by atoms with Gasteiger partial charge in [0.2, 0.25) is 0 Å². The van der Waals surface area contributed by atoms with E-state index in [-0.39, 0.29) is 29.2 Å². The van der Waals surface area contributed by atoms with E-state index in [1.165, 1.54) is 12.1 Å². The number of non-ortho nitro benzene ring substituents is 1. The average molecular weight is 261 g/mol. The van der Waals surface area contributed by atoms with E-state index in [1.54, 1.807) is 0 Å². The molecule has 0 aliphatic rings. The highest BCUT2D eigenvalue weighted by atomic mass is 32.2. The van der Waals surface area contributed by atoms with Crippen LogP contribution in [-0.2, 0) is 9.84 Å². The molecule has 0 heterocycles. The van der Waals surface area contributed by atoms with Gasteiger partial charge < -0.3 is 0 Å². The molecular weight excluding hydrogens is 249 g/mol.